The van der Waals surface area contributed by atoms with Crippen LogP contribution in [0.3, 0.4) is 0 Å². The Morgan fingerprint density at radius 3 is 2.69 bits per heavy atom. The van der Waals surface area contributed by atoms with Crippen molar-refractivity contribution in [2.45, 2.75) is 76.5 Å². The Kier molecular flexibility index (Phi) is 8.36. The predicted molar refractivity (Wildman–Crippen MR) is 152 cm³/mol. The number of hydrogen-bond acceptors (Lipinski definition) is 6. The summed E-state index contributed by atoms with van der Waals surface area (Å²) in [6.07, 6.45) is 5.12. The predicted octanol–water partition coefficient (Wildman–Crippen LogP) is 4.33. The third-order valence-corrected chi connectivity index (χ3v) is 8.82. The molecular weight excluding hydrogens is 542 g/mol. The molecule has 4 heterocycles. The third-order valence-electron chi connectivity index (χ3n) is 8.82. The van der Waals surface area contributed by atoms with Gasteiger partial charge in [0.05, 0.1) is 23.4 Å². The van der Waals surface area contributed by atoms with Crippen molar-refractivity contribution in [2.75, 3.05) is 26.2 Å². The lowest BCUT2D eigenvalue weighted by Gasteiger charge is -2.31. The summed E-state index contributed by atoms with van der Waals surface area (Å²) in [7, 11) is 0. The van der Waals surface area contributed by atoms with Crippen LogP contribution < -0.4 is 5.32 Å². The highest BCUT2D eigenvalue weighted by atomic mass is 19.3. The number of nitrogens with zero attached hydrogens (tertiary/aromatic N) is 5. The first-order valence-electron chi connectivity index (χ1n) is 14.8. The number of nitrogens with one attached hydrogen (secondary N) is 1. The fourth-order valence-corrected chi connectivity index (χ4v) is 6.65. The SMILES string of the molecule is Cc1nn(C2CCC(=O)NC2=O)c2cccc(C#CCO[C@H]3CCN(CC4CCC(n5ccc(C(F)F)n5)CC4)C3)c12. The summed E-state index contributed by atoms with van der Waals surface area (Å²) in [5, 5.41) is 12.0. The van der Waals surface area contributed by atoms with Crippen LogP contribution in [0.5, 0.6) is 0 Å². The van der Waals surface area contributed by atoms with Gasteiger partial charge in [-0.15, -0.1) is 0 Å². The van der Waals surface area contributed by atoms with Gasteiger partial charge in [-0.3, -0.25) is 24.3 Å². The second kappa shape index (κ2) is 12.3. The van der Waals surface area contributed by atoms with E-state index in [9.17, 15) is 18.4 Å². The first-order valence-corrected chi connectivity index (χ1v) is 14.8. The molecular formula is C31H36F2N6O3. The average molecular weight is 579 g/mol. The summed E-state index contributed by atoms with van der Waals surface area (Å²) in [6.45, 7) is 5.19. The number of alkyl halides is 2. The highest BCUT2D eigenvalue weighted by molar-refractivity contribution is 6.00. The van der Waals surface area contributed by atoms with E-state index >= 15 is 0 Å². The number of halogens is 2. The van der Waals surface area contributed by atoms with Gasteiger partial charge in [-0.1, -0.05) is 17.9 Å². The summed E-state index contributed by atoms with van der Waals surface area (Å²) in [4.78, 5) is 26.5. The molecule has 222 valence electrons. The topological polar surface area (TPSA) is 94.3 Å². The molecule has 2 saturated heterocycles. The van der Waals surface area contributed by atoms with E-state index in [0.717, 1.165) is 73.9 Å². The maximum absolute atomic E-state index is 12.9. The normalized spacial score (nSPS) is 25.1. The molecule has 3 aliphatic rings. The molecule has 0 radical (unpaired) electrons. The van der Waals surface area contributed by atoms with Crippen molar-refractivity contribution in [3.8, 4) is 11.8 Å². The van der Waals surface area contributed by atoms with E-state index in [1.54, 1.807) is 15.6 Å². The van der Waals surface area contributed by atoms with Gasteiger partial charge in [-0.05, 0) is 69.6 Å². The molecule has 1 unspecified atom stereocenters. The van der Waals surface area contributed by atoms with E-state index < -0.39 is 12.5 Å². The molecule has 1 saturated carbocycles. The van der Waals surface area contributed by atoms with Crippen molar-refractivity contribution in [3.05, 3.63) is 47.4 Å². The standard InChI is InChI=1S/C31H36F2N6O3/c1-20-29-22(4-2-6-26(29)39(35-20)27-11-12-28(40)34-31(27)41)5-3-17-42-24-13-15-37(19-24)18-21-7-9-23(10-8-21)38-16-14-25(36-38)30(32)33/h2,4,6,14,16,21,23-24,27,30H,7-13,15,17-19H2,1H3,(H,34,40,41)/t21?,23?,24-,27?/m0/s1. The van der Waals surface area contributed by atoms with E-state index in [0.29, 0.717) is 25.4 Å². The maximum atomic E-state index is 12.9. The van der Waals surface area contributed by atoms with Gasteiger partial charge in [0.2, 0.25) is 5.91 Å². The van der Waals surface area contributed by atoms with E-state index in [4.69, 9.17) is 4.74 Å². The van der Waals surface area contributed by atoms with Crippen molar-refractivity contribution in [2.24, 2.45) is 5.92 Å². The van der Waals surface area contributed by atoms with Crippen molar-refractivity contribution in [1.29, 1.82) is 0 Å². The number of benzene rings is 1. The Morgan fingerprint density at radius 2 is 1.93 bits per heavy atom. The fourth-order valence-electron chi connectivity index (χ4n) is 6.65. The number of carbonyl (C=O) groups is 2. The molecule has 1 aromatic carbocycles. The highest BCUT2D eigenvalue weighted by Gasteiger charge is 2.31. The lowest BCUT2D eigenvalue weighted by molar-refractivity contribution is -0.135. The Labute approximate surface area is 243 Å². The molecule has 42 heavy (non-hydrogen) atoms. The number of carbonyl (C=O) groups excluding carboxylic acids is 2. The summed E-state index contributed by atoms with van der Waals surface area (Å²) in [6, 6.07) is 6.92. The van der Waals surface area contributed by atoms with E-state index in [1.165, 1.54) is 6.07 Å². The smallest absolute Gasteiger partial charge is 0.282 e. The molecule has 9 nitrogen and oxygen atoms in total. The number of piperidine rings is 1. The maximum Gasteiger partial charge on any atom is 0.282 e. The summed E-state index contributed by atoms with van der Waals surface area (Å²) >= 11 is 0. The van der Waals surface area contributed by atoms with Crippen LogP contribution in [0.2, 0.25) is 0 Å². The van der Waals surface area contributed by atoms with Crippen molar-refractivity contribution >= 4 is 22.7 Å². The molecule has 2 aromatic heterocycles. The zero-order chi connectivity index (χ0) is 29.2. The Balaban J connectivity index is 0.985. The van der Waals surface area contributed by atoms with Crippen LogP contribution in [0.25, 0.3) is 10.9 Å². The second-order valence-electron chi connectivity index (χ2n) is 11.7. The number of aryl methyl sites for hydroxylation is 1. The molecule has 0 bridgehead atoms. The Bertz CT molecular complexity index is 1510. The zero-order valence-electron chi connectivity index (χ0n) is 23.8. The summed E-state index contributed by atoms with van der Waals surface area (Å²) in [5.41, 5.74) is 2.33. The van der Waals surface area contributed by atoms with Crippen LogP contribution in [-0.2, 0) is 14.3 Å². The van der Waals surface area contributed by atoms with Gasteiger partial charge in [-0.2, -0.15) is 10.2 Å². The van der Waals surface area contributed by atoms with Crippen LogP contribution in [0.4, 0.5) is 8.78 Å². The Morgan fingerprint density at radius 1 is 1.10 bits per heavy atom. The van der Waals surface area contributed by atoms with Crippen LogP contribution in [-0.4, -0.2) is 68.6 Å². The molecule has 6 rings (SSSR count). The van der Waals surface area contributed by atoms with Crippen molar-refractivity contribution in [3.63, 3.8) is 0 Å². The number of fused-ring (bicyclic) bond motifs is 1. The van der Waals surface area contributed by atoms with E-state index in [2.05, 4.69) is 32.3 Å². The minimum absolute atomic E-state index is 0.141. The van der Waals surface area contributed by atoms with Gasteiger partial charge in [0.1, 0.15) is 18.3 Å². The quantitative estimate of drug-likeness (QED) is 0.331. The van der Waals surface area contributed by atoms with Gasteiger partial charge >= 0.3 is 0 Å². The first-order chi connectivity index (χ1) is 20.4. The van der Waals surface area contributed by atoms with E-state index in [1.807, 2.05) is 25.1 Å². The highest BCUT2D eigenvalue weighted by Crippen LogP contribution is 2.34. The molecule has 0 spiro atoms. The van der Waals surface area contributed by atoms with Crippen molar-refractivity contribution in [1.82, 2.24) is 29.8 Å². The number of rotatable bonds is 7. The zero-order valence-corrected chi connectivity index (χ0v) is 23.8. The fraction of sp³-hybridized carbons (Fsp3) is 0.548. The molecule has 2 atom stereocenters. The molecule has 1 aliphatic carbocycles. The van der Waals surface area contributed by atoms with Gasteiger partial charge in [0.15, 0.2) is 0 Å². The molecule has 1 N–H and O–H groups in total. The lowest BCUT2D eigenvalue weighted by Crippen LogP contribution is -2.42. The number of likely N-dealkylation sites (tertiary alicyclic amines) is 1. The van der Waals surface area contributed by atoms with Crippen LogP contribution in [0, 0.1) is 24.7 Å². The van der Waals surface area contributed by atoms with Gasteiger partial charge in [0.25, 0.3) is 12.3 Å². The lowest BCUT2D eigenvalue weighted by atomic mass is 9.86. The number of aromatic nitrogens is 4. The van der Waals surface area contributed by atoms with E-state index in [-0.39, 0.29) is 29.7 Å². The minimum Gasteiger partial charge on any atom is -0.364 e. The average Bonchev–Trinajstić information content (AvgIpc) is 3.72. The van der Waals surface area contributed by atoms with Crippen molar-refractivity contribution < 1.29 is 23.1 Å². The van der Waals surface area contributed by atoms with Gasteiger partial charge in [0, 0.05) is 43.2 Å². The number of hydrogen-bond donors (Lipinski definition) is 1. The van der Waals surface area contributed by atoms with Crippen LogP contribution >= 0.6 is 0 Å². The molecule has 11 heteroatoms. The summed E-state index contributed by atoms with van der Waals surface area (Å²) < 4.78 is 35.3. The third kappa shape index (κ3) is 6.10. The number of ether oxygens (including phenoxy) is 1. The molecule has 2 aliphatic heterocycles. The molecule has 3 aromatic rings. The second-order valence-corrected chi connectivity index (χ2v) is 11.7. The summed E-state index contributed by atoms with van der Waals surface area (Å²) in [5.74, 6) is 6.45. The van der Waals surface area contributed by atoms with Gasteiger partial charge in [-0.25, -0.2) is 8.78 Å². The molecule has 3 fully saturated rings. The first kappa shape index (κ1) is 28.5. The monoisotopic (exact) mass is 578 g/mol. The largest absolute Gasteiger partial charge is 0.364 e. The number of imide groups is 1. The molecule has 2 amide bonds. The van der Waals surface area contributed by atoms with Crippen LogP contribution in [0.15, 0.2) is 30.5 Å². The Hall–Kier alpha value is -3.62. The van der Waals surface area contributed by atoms with Crippen LogP contribution in [0.1, 0.15) is 80.4 Å². The number of amides is 2. The van der Waals surface area contributed by atoms with Gasteiger partial charge < -0.3 is 9.64 Å². The minimum atomic E-state index is -2.52.